The summed E-state index contributed by atoms with van der Waals surface area (Å²) in [6, 6.07) is 30.0. The molecule has 0 fully saturated rings. The molecule has 0 unspecified atom stereocenters. The number of rotatable bonds is 3. The zero-order chi connectivity index (χ0) is 32.6. The number of aromatic nitrogens is 2. The SMILES string of the molecule is [2H]C([2H])([2H])c1ccc(-c2[c-]cccc2)nc1.[2H]c1c([2H])c([2H])c(-c2cccc3c2oc2c(-c4ccccn4)[c-]ccc23)c([2H])c1[2H].[Ir]. The van der Waals surface area contributed by atoms with Crippen molar-refractivity contribution >= 4 is 21.9 Å². The minimum Gasteiger partial charge on any atom is -0.500 e. The van der Waals surface area contributed by atoms with Crippen LogP contribution in [-0.4, -0.2) is 9.97 Å². The summed E-state index contributed by atoms with van der Waals surface area (Å²) in [7, 11) is 0. The first-order chi connectivity index (χ1) is 22.1. The second-order valence-corrected chi connectivity index (χ2v) is 8.30. The Kier molecular flexibility index (Phi) is 5.54. The first-order valence-corrected chi connectivity index (χ1v) is 11.8. The average molecular weight is 689 g/mol. The maximum Gasteiger partial charge on any atom is 0.128 e. The van der Waals surface area contributed by atoms with Crippen molar-refractivity contribution in [1.29, 1.82) is 0 Å². The molecule has 0 aliphatic heterocycles. The number of para-hydroxylation sites is 1. The summed E-state index contributed by atoms with van der Waals surface area (Å²) >= 11 is 0. The molecule has 191 valence electrons. The van der Waals surface area contributed by atoms with Crippen molar-refractivity contribution in [2.45, 2.75) is 6.85 Å². The fourth-order valence-corrected chi connectivity index (χ4v) is 4.15. The van der Waals surface area contributed by atoms with Gasteiger partial charge >= 0.3 is 0 Å². The van der Waals surface area contributed by atoms with Gasteiger partial charge in [-0.25, -0.2) is 0 Å². The molecule has 0 amide bonds. The summed E-state index contributed by atoms with van der Waals surface area (Å²) in [5, 5.41) is 1.64. The summed E-state index contributed by atoms with van der Waals surface area (Å²) < 4.78 is 68.4. The van der Waals surface area contributed by atoms with Gasteiger partial charge in [0.2, 0.25) is 0 Å². The molecule has 7 rings (SSSR count). The third-order valence-electron chi connectivity index (χ3n) is 5.90. The molecular formula is C35H24IrN2O-2. The molecule has 0 spiro atoms. The van der Waals surface area contributed by atoms with E-state index in [4.69, 9.17) is 15.4 Å². The van der Waals surface area contributed by atoms with Crippen molar-refractivity contribution in [2.24, 2.45) is 0 Å². The fourth-order valence-electron chi connectivity index (χ4n) is 4.15. The van der Waals surface area contributed by atoms with Gasteiger partial charge < -0.3 is 14.4 Å². The number of pyridine rings is 2. The van der Waals surface area contributed by atoms with Crippen molar-refractivity contribution in [1.82, 2.24) is 9.97 Å². The van der Waals surface area contributed by atoms with E-state index in [0.29, 0.717) is 28.0 Å². The van der Waals surface area contributed by atoms with Crippen molar-refractivity contribution in [3.63, 3.8) is 0 Å². The van der Waals surface area contributed by atoms with Crippen molar-refractivity contribution in [3.8, 4) is 33.6 Å². The largest absolute Gasteiger partial charge is 0.500 e. The van der Waals surface area contributed by atoms with Crippen LogP contribution in [0.2, 0.25) is 0 Å². The van der Waals surface area contributed by atoms with Crippen LogP contribution in [0.3, 0.4) is 0 Å². The molecule has 3 nitrogen and oxygen atoms in total. The number of benzene rings is 4. The Bertz CT molecular complexity index is 2160. The summed E-state index contributed by atoms with van der Waals surface area (Å²) in [4.78, 5) is 8.51. The van der Waals surface area contributed by atoms with Gasteiger partial charge in [-0.05, 0) is 35.4 Å². The number of hydrogen-bond donors (Lipinski definition) is 0. The molecule has 4 heteroatoms. The monoisotopic (exact) mass is 689 g/mol. The van der Waals surface area contributed by atoms with E-state index in [9.17, 15) is 0 Å². The number of nitrogens with zero attached hydrogens (tertiary/aromatic N) is 2. The zero-order valence-corrected chi connectivity index (χ0v) is 22.8. The van der Waals surface area contributed by atoms with Gasteiger partial charge in [0, 0.05) is 47.6 Å². The molecule has 1 radical (unpaired) electrons. The fraction of sp³-hybridized carbons (Fsp3) is 0.0286. The van der Waals surface area contributed by atoms with Crippen LogP contribution >= 0.6 is 0 Å². The second kappa shape index (κ2) is 12.0. The quantitative estimate of drug-likeness (QED) is 0.174. The van der Waals surface area contributed by atoms with E-state index in [2.05, 4.69) is 22.1 Å². The van der Waals surface area contributed by atoms with Gasteiger partial charge in [-0.3, -0.25) is 0 Å². The van der Waals surface area contributed by atoms with E-state index in [1.54, 1.807) is 42.6 Å². The molecule has 39 heavy (non-hydrogen) atoms. The second-order valence-electron chi connectivity index (χ2n) is 8.30. The normalized spacial score (nSPS) is 13.7. The molecule has 0 aliphatic rings. The van der Waals surface area contributed by atoms with Crippen LogP contribution in [0.4, 0.5) is 0 Å². The first-order valence-electron chi connectivity index (χ1n) is 15.8. The van der Waals surface area contributed by atoms with Crippen molar-refractivity contribution in [2.75, 3.05) is 0 Å². The Labute approximate surface area is 252 Å². The maximum absolute atomic E-state index is 8.33. The van der Waals surface area contributed by atoms with E-state index in [1.165, 1.54) is 6.20 Å². The zero-order valence-electron chi connectivity index (χ0n) is 28.4. The van der Waals surface area contributed by atoms with E-state index in [0.717, 1.165) is 22.0 Å². The topological polar surface area (TPSA) is 38.9 Å². The summed E-state index contributed by atoms with van der Waals surface area (Å²) in [6.07, 6.45) is 3.09. The molecule has 0 N–H and O–H groups in total. The predicted octanol–water partition coefficient (Wildman–Crippen LogP) is 8.97. The molecule has 7 aromatic rings. The summed E-state index contributed by atoms with van der Waals surface area (Å²) in [5.74, 6) is 0. The smallest absolute Gasteiger partial charge is 0.128 e. The van der Waals surface area contributed by atoms with Crippen LogP contribution in [0.5, 0.6) is 0 Å². The number of fused-ring (bicyclic) bond motifs is 3. The molecule has 0 aliphatic carbocycles. The van der Waals surface area contributed by atoms with Gasteiger partial charge in [0.1, 0.15) is 5.58 Å². The van der Waals surface area contributed by atoms with Gasteiger partial charge in [-0.2, -0.15) is 0 Å². The Morgan fingerprint density at radius 3 is 2.36 bits per heavy atom. The van der Waals surface area contributed by atoms with E-state index >= 15 is 0 Å². The van der Waals surface area contributed by atoms with Crippen LogP contribution in [0.1, 0.15) is 16.5 Å². The van der Waals surface area contributed by atoms with Crippen molar-refractivity contribution < 1.29 is 35.5 Å². The van der Waals surface area contributed by atoms with Gasteiger partial charge in [-0.1, -0.05) is 83.6 Å². The summed E-state index contributed by atoms with van der Waals surface area (Å²) in [5.41, 5.74) is 4.89. The minimum absolute atomic E-state index is 0. The van der Waals surface area contributed by atoms with Gasteiger partial charge in [0.05, 0.1) is 12.4 Å². The van der Waals surface area contributed by atoms with Gasteiger partial charge in [0.25, 0.3) is 0 Å². The molecule has 4 aromatic carbocycles. The van der Waals surface area contributed by atoms with E-state index in [-0.39, 0.29) is 55.4 Å². The molecule has 3 aromatic heterocycles. The Morgan fingerprint density at radius 1 is 0.744 bits per heavy atom. The number of aryl methyl sites for hydroxylation is 1. The molecule has 0 saturated carbocycles. The third kappa shape index (κ3) is 5.58. The number of furan rings is 1. The molecule has 0 bridgehead atoms. The molecule has 3 heterocycles. The molecule has 0 saturated heterocycles. The first kappa shape index (κ1) is 18.0. The Hall–Kier alpha value is -4.37. The van der Waals surface area contributed by atoms with Gasteiger partial charge in [0.15, 0.2) is 0 Å². The van der Waals surface area contributed by atoms with Crippen LogP contribution in [-0.2, 0) is 20.1 Å². The molecular weight excluding hydrogens is 657 g/mol. The van der Waals surface area contributed by atoms with Crippen LogP contribution < -0.4 is 0 Å². The Balaban J connectivity index is 0.000000217. The van der Waals surface area contributed by atoms with Crippen molar-refractivity contribution in [3.05, 3.63) is 145 Å². The van der Waals surface area contributed by atoms with E-state index in [1.807, 2.05) is 48.5 Å². The third-order valence-corrected chi connectivity index (χ3v) is 5.90. The minimum atomic E-state index is -2.09. The van der Waals surface area contributed by atoms with Crippen LogP contribution in [0, 0.1) is 19.0 Å². The van der Waals surface area contributed by atoms with E-state index < -0.39 is 12.9 Å². The summed E-state index contributed by atoms with van der Waals surface area (Å²) in [6.45, 7) is -2.09. The van der Waals surface area contributed by atoms with Crippen LogP contribution in [0.25, 0.3) is 55.6 Å². The average Bonchev–Trinajstić information content (AvgIpc) is 3.47. The predicted molar refractivity (Wildman–Crippen MR) is 154 cm³/mol. The number of hydrogen-bond acceptors (Lipinski definition) is 3. The van der Waals surface area contributed by atoms with Crippen LogP contribution in [0.15, 0.2) is 132 Å². The van der Waals surface area contributed by atoms with Gasteiger partial charge in [-0.15, -0.1) is 54.1 Å². The standard InChI is InChI=1S/C23H14NO.C12H10N.Ir/c1-2-8-16(9-3-1)17-10-6-11-18-19-12-7-13-20(23(19)25-22(17)18)21-14-4-5-15-24-21;1-10-7-8-12(13-9-10)11-5-3-2-4-6-11;/h1-12,14-15H;2-5,7-9H,1H3;/q2*-1;/i1D,2D,3D,8D,9D;1D3;. The Morgan fingerprint density at radius 2 is 1.62 bits per heavy atom. The maximum atomic E-state index is 8.33. The molecule has 0 atom stereocenters.